The van der Waals surface area contributed by atoms with Crippen LogP contribution < -0.4 is 5.32 Å². The molecule has 1 nitrogen and oxygen atoms in total. The van der Waals surface area contributed by atoms with E-state index < -0.39 is 0 Å². The maximum absolute atomic E-state index is 13.6. The van der Waals surface area contributed by atoms with E-state index in [0.717, 1.165) is 35.6 Å². The third-order valence-corrected chi connectivity index (χ3v) is 4.08. The lowest BCUT2D eigenvalue weighted by molar-refractivity contribution is 0.557. The average molecular weight is 225 g/mol. The fourth-order valence-electron chi connectivity index (χ4n) is 2.07. The van der Waals surface area contributed by atoms with E-state index >= 15 is 0 Å². The van der Waals surface area contributed by atoms with Gasteiger partial charge in [-0.1, -0.05) is 6.07 Å². The van der Waals surface area contributed by atoms with Crippen LogP contribution in [0.1, 0.15) is 24.3 Å². The van der Waals surface area contributed by atoms with Crippen molar-refractivity contribution in [2.24, 2.45) is 0 Å². The maximum atomic E-state index is 13.6. The van der Waals surface area contributed by atoms with Crippen LogP contribution in [0.2, 0.25) is 0 Å². The van der Waals surface area contributed by atoms with E-state index in [2.05, 4.69) is 5.32 Å². The highest BCUT2D eigenvalue weighted by Crippen LogP contribution is 2.42. The maximum Gasteiger partial charge on any atom is 0.127 e. The van der Waals surface area contributed by atoms with Gasteiger partial charge in [-0.2, -0.15) is 0 Å². The summed E-state index contributed by atoms with van der Waals surface area (Å²) in [6, 6.07) is 5.41. The molecule has 0 spiro atoms. The molecule has 1 unspecified atom stereocenters. The molecule has 1 aromatic rings. The molecule has 0 aromatic heterocycles. The van der Waals surface area contributed by atoms with Crippen LogP contribution >= 0.6 is 11.8 Å². The average Bonchev–Trinajstić information content (AvgIpc) is 2.63. The van der Waals surface area contributed by atoms with Gasteiger partial charge in [0.05, 0.1) is 0 Å². The van der Waals surface area contributed by atoms with Crippen LogP contribution in [0.25, 0.3) is 0 Å². The minimum absolute atomic E-state index is 0.0213. The van der Waals surface area contributed by atoms with Crippen molar-refractivity contribution in [1.29, 1.82) is 0 Å². The number of hydrogen-bond acceptors (Lipinski definition) is 2. The van der Waals surface area contributed by atoms with Crippen LogP contribution in [-0.2, 0) is 0 Å². The predicted octanol–water partition coefficient (Wildman–Crippen LogP) is 3.01. The monoisotopic (exact) mass is 225 g/mol. The lowest BCUT2D eigenvalue weighted by atomic mass is 9.96. The van der Waals surface area contributed by atoms with Gasteiger partial charge in [0.2, 0.25) is 0 Å². The molecule has 2 rings (SSSR count). The summed E-state index contributed by atoms with van der Waals surface area (Å²) in [6.45, 7) is 1.02. The molecular formula is C12H16FNS. The highest BCUT2D eigenvalue weighted by molar-refractivity contribution is 7.99. The second-order valence-electron chi connectivity index (χ2n) is 3.91. The van der Waals surface area contributed by atoms with Crippen LogP contribution in [0.5, 0.6) is 0 Å². The van der Waals surface area contributed by atoms with Crippen molar-refractivity contribution in [1.82, 2.24) is 5.32 Å². The summed E-state index contributed by atoms with van der Waals surface area (Å²) < 4.78 is 13.6. The lowest BCUT2D eigenvalue weighted by Crippen LogP contribution is -2.09. The molecule has 1 aromatic carbocycles. The molecule has 0 aliphatic carbocycles. The highest BCUT2D eigenvalue weighted by Gasteiger charge is 2.25. The Bertz CT molecular complexity index is 340. The summed E-state index contributed by atoms with van der Waals surface area (Å²) in [4.78, 5) is 1.14. The van der Waals surface area contributed by atoms with E-state index in [9.17, 15) is 4.39 Å². The molecular weight excluding hydrogens is 209 g/mol. The lowest BCUT2D eigenvalue weighted by Gasteiger charge is -2.10. The van der Waals surface area contributed by atoms with Crippen LogP contribution in [0.15, 0.2) is 23.1 Å². The summed E-state index contributed by atoms with van der Waals surface area (Å²) in [5.41, 5.74) is 0.957. The first-order valence-electron chi connectivity index (χ1n) is 5.38. The largest absolute Gasteiger partial charge is 0.320 e. The van der Waals surface area contributed by atoms with Gasteiger partial charge in [0.1, 0.15) is 5.82 Å². The third-order valence-electron chi connectivity index (χ3n) is 2.84. The Balaban J connectivity index is 2.07. The SMILES string of the molecule is CNCCCC1CSc2cccc(F)c21. The number of fused-ring (bicyclic) bond motifs is 1. The molecule has 1 aliphatic heterocycles. The minimum atomic E-state index is -0.0213. The zero-order chi connectivity index (χ0) is 10.7. The molecule has 3 heteroatoms. The molecule has 82 valence electrons. The predicted molar refractivity (Wildman–Crippen MR) is 63.0 cm³/mol. The summed E-state index contributed by atoms with van der Waals surface area (Å²) in [5.74, 6) is 1.44. The second-order valence-corrected chi connectivity index (χ2v) is 4.97. The first-order chi connectivity index (χ1) is 7.33. The van der Waals surface area contributed by atoms with Crippen LogP contribution in [0.4, 0.5) is 4.39 Å². The van der Waals surface area contributed by atoms with E-state index in [0.29, 0.717) is 5.92 Å². The van der Waals surface area contributed by atoms with Gasteiger partial charge in [-0.3, -0.25) is 0 Å². The van der Waals surface area contributed by atoms with Crippen molar-refractivity contribution in [3.63, 3.8) is 0 Å². The van der Waals surface area contributed by atoms with Crippen molar-refractivity contribution in [3.8, 4) is 0 Å². The number of rotatable bonds is 4. The number of thioether (sulfide) groups is 1. The zero-order valence-electron chi connectivity index (χ0n) is 8.92. The second kappa shape index (κ2) is 4.99. The first kappa shape index (κ1) is 11.0. The smallest absolute Gasteiger partial charge is 0.127 e. The van der Waals surface area contributed by atoms with Gasteiger partial charge in [-0.15, -0.1) is 11.8 Å². The molecule has 0 radical (unpaired) electrons. The summed E-state index contributed by atoms with van der Waals surface area (Å²) in [7, 11) is 1.96. The minimum Gasteiger partial charge on any atom is -0.320 e. The van der Waals surface area contributed by atoms with Gasteiger partial charge >= 0.3 is 0 Å². The highest BCUT2D eigenvalue weighted by atomic mass is 32.2. The molecule has 1 heterocycles. The first-order valence-corrected chi connectivity index (χ1v) is 6.37. The van der Waals surface area contributed by atoms with E-state index in [1.54, 1.807) is 23.9 Å². The fraction of sp³-hybridized carbons (Fsp3) is 0.500. The summed E-state index contributed by atoms with van der Waals surface area (Å²) in [6.07, 6.45) is 2.21. The van der Waals surface area contributed by atoms with E-state index in [-0.39, 0.29) is 5.82 Å². The van der Waals surface area contributed by atoms with Gasteiger partial charge in [0, 0.05) is 16.2 Å². The van der Waals surface area contributed by atoms with Crippen molar-refractivity contribution in [2.75, 3.05) is 19.3 Å². The van der Waals surface area contributed by atoms with Gasteiger partial charge < -0.3 is 5.32 Å². The van der Waals surface area contributed by atoms with Crippen LogP contribution in [0, 0.1) is 5.82 Å². The third kappa shape index (κ3) is 2.34. The number of halogens is 1. The van der Waals surface area contributed by atoms with Gasteiger partial charge in [-0.05, 0) is 44.5 Å². The number of hydrogen-bond donors (Lipinski definition) is 1. The molecule has 0 amide bonds. The van der Waals surface area contributed by atoms with Crippen molar-refractivity contribution < 1.29 is 4.39 Å². The van der Waals surface area contributed by atoms with E-state index in [1.165, 1.54) is 0 Å². The Morgan fingerprint density at radius 2 is 2.40 bits per heavy atom. The molecule has 15 heavy (non-hydrogen) atoms. The number of benzene rings is 1. The molecule has 0 saturated carbocycles. The normalized spacial score (nSPS) is 19.2. The molecule has 0 bridgehead atoms. The Morgan fingerprint density at radius 3 is 3.20 bits per heavy atom. The van der Waals surface area contributed by atoms with Crippen LogP contribution in [-0.4, -0.2) is 19.3 Å². The molecule has 0 fully saturated rings. The number of nitrogens with one attached hydrogen (secondary N) is 1. The molecule has 1 atom stereocenters. The van der Waals surface area contributed by atoms with Crippen molar-refractivity contribution in [2.45, 2.75) is 23.7 Å². The van der Waals surface area contributed by atoms with Crippen molar-refractivity contribution in [3.05, 3.63) is 29.6 Å². The molecule has 1 aliphatic rings. The fourth-order valence-corrected chi connectivity index (χ4v) is 3.37. The van der Waals surface area contributed by atoms with E-state index in [1.807, 2.05) is 13.1 Å². The van der Waals surface area contributed by atoms with Gasteiger partial charge in [-0.25, -0.2) is 4.39 Å². The Hall–Kier alpha value is -0.540. The molecule has 1 N–H and O–H groups in total. The summed E-state index contributed by atoms with van der Waals surface area (Å²) in [5, 5.41) is 3.13. The quantitative estimate of drug-likeness (QED) is 0.791. The Morgan fingerprint density at radius 1 is 1.53 bits per heavy atom. The van der Waals surface area contributed by atoms with Crippen molar-refractivity contribution >= 4 is 11.8 Å². The van der Waals surface area contributed by atoms with E-state index in [4.69, 9.17) is 0 Å². The summed E-state index contributed by atoms with van der Waals surface area (Å²) >= 11 is 1.79. The Labute approximate surface area is 94.5 Å². The Kier molecular flexibility index (Phi) is 3.65. The zero-order valence-corrected chi connectivity index (χ0v) is 9.74. The van der Waals surface area contributed by atoms with Crippen LogP contribution in [0.3, 0.4) is 0 Å². The molecule has 0 saturated heterocycles. The van der Waals surface area contributed by atoms with Gasteiger partial charge in [0.25, 0.3) is 0 Å². The van der Waals surface area contributed by atoms with Gasteiger partial charge in [0.15, 0.2) is 0 Å². The topological polar surface area (TPSA) is 12.0 Å². The standard InChI is InChI=1S/C12H16FNS/c1-14-7-3-4-9-8-15-11-6-2-5-10(13)12(9)11/h2,5-6,9,14H,3-4,7-8H2,1H3.